The van der Waals surface area contributed by atoms with Crippen LogP contribution in [-0.4, -0.2) is 54.4 Å². The molecule has 1 unspecified atom stereocenters. The Kier molecular flexibility index (Phi) is 11.4. The number of nitrogens with one attached hydrogen (secondary N) is 2. The summed E-state index contributed by atoms with van der Waals surface area (Å²) in [6, 6.07) is 13.0. The summed E-state index contributed by atoms with van der Waals surface area (Å²) in [6.45, 7) is 12.9. The molecule has 1 saturated carbocycles. The van der Waals surface area contributed by atoms with Crippen molar-refractivity contribution < 1.29 is 33.4 Å². The first-order chi connectivity index (χ1) is 23.1. The number of pyridine rings is 1. The van der Waals surface area contributed by atoms with Gasteiger partial charge in [0.05, 0.1) is 12.5 Å². The number of methoxy groups -OCH3 is 1. The molecule has 4 N–H and O–H groups in total. The molecule has 1 fully saturated rings. The van der Waals surface area contributed by atoms with E-state index >= 15 is 0 Å². The standard InChI is InChI=1S/C38H44N4O7/c1-8-24-18-28(30(43)17-22-11-13-25(14-12-22)33(39)40)27(19-31(24)47-7)26-15-16-29(34(44)41-20-23-9-10-23)42-32(26)35(45)48-36(21(2)3)49-37(46)38(4,5)6/h8,11-16,18-19,21,23,36H,1,9-10,17,20H2,2-7H3,(H3,39,40)(H,41,44). The normalized spacial score (nSPS) is 13.3. The largest absolute Gasteiger partial charge is 0.496 e. The molecule has 0 aliphatic heterocycles. The highest BCUT2D eigenvalue weighted by atomic mass is 16.7. The van der Waals surface area contributed by atoms with Crippen molar-refractivity contribution in [2.75, 3.05) is 13.7 Å². The van der Waals surface area contributed by atoms with Gasteiger partial charge in [0.2, 0.25) is 6.29 Å². The van der Waals surface area contributed by atoms with Gasteiger partial charge in [-0.15, -0.1) is 0 Å². The fourth-order valence-corrected chi connectivity index (χ4v) is 4.82. The van der Waals surface area contributed by atoms with Crippen molar-refractivity contribution in [3.63, 3.8) is 0 Å². The van der Waals surface area contributed by atoms with E-state index in [2.05, 4.69) is 16.9 Å². The smallest absolute Gasteiger partial charge is 0.360 e. The number of ether oxygens (including phenoxy) is 3. The van der Waals surface area contributed by atoms with Crippen LogP contribution in [0.15, 0.2) is 55.1 Å². The molecule has 1 heterocycles. The van der Waals surface area contributed by atoms with Crippen LogP contribution in [0.5, 0.6) is 5.75 Å². The minimum Gasteiger partial charge on any atom is -0.496 e. The van der Waals surface area contributed by atoms with Gasteiger partial charge >= 0.3 is 11.9 Å². The van der Waals surface area contributed by atoms with Crippen LogP contribution in [0.3, 0.4) is 0 Å². The van der Waals surface area contributed by atoms with Gasteiger partial charge in [0.25, 0.3) is 5.91 Å². The molecule has 0 saturated heterocycles. The predicted octanol–water partition coefficient (Wildman–Crippen LogP) is 5.98. The molecule has 258 valence electrons. The number of amidine groups is 1. The van der Waals surface area contributed by atoms with E-state index < -0.39 is 35.5 Å². The highest BCUT2D eigenvalue weighted by Gasteiger charge is 2.32. The van der Waals surface area contributed by atoms with Crippen LogP contribution >= 0.6 is 0 Å². The van der Waals surface area contributed by atoms with Gasteiger partial charge in [0, 0.05) is 41.1 Å². The molecule has 1 amide bonds. The van der Waals surface area contributed by atoms with Crippen LogP contribution in [0.1, 0.15) is 95.5 Å². The first kappa shape index (κ1) is 36.5. The molecule has 1 aliphatic rings. The molecule has 0 spiro atoms. The third-order valence-corrected chi connectivity index (χ3v) is 7.98. The van der Waals surface area contributed by atoms with Gasteiger partial charge < -0.3 is 25.3 Å². The number of hydrogen-bond acceptors (Lipinski definition) is 9. The van der Waals surface area contributed by atoms with Crippen LogP contribution < -0.4 is 15.8 Å². The molecule has 1 aromatic heterocycles. The summed E-state index contributed by atoms with van der Waals surface area (Å²) in [5, 5.41) is 10.5. The zero-order valence-electron chi connectivity index (χ0n) is 28.8. The predicted molar refractivity (Wildman–Crippen MR) is 186 cm³/mol. The Balaban J connectivity index is 1.82. The van der Waals surface area contributed by atoms with E-state index in [0.29, 0.717) is 40.5 Å². The molecule has 0 radical (unpaired) electrons. The maximum atomic E-state index is 14.0. The van der Waals surface area contributed by atoms with Crippen LogP contribution in [-0.2, 0) is 20.7 Å². The summed E-state index contributed by atoms with van der Waals surface area (Å²) in [5.41, 5.74) is 6.99. The monoisotopic (exact) mass is 668 g/mol. The van der Waals surface area contributed by atoms with Crippen LogP contribution in [0.2, 0.25) is 0 Å². The molecule has 0 bridgehead atoms. The molecule has 11 heteroatoms. The number of hydrogen-bond donors (Lipinski definition) is 3. The van der Waals surface area contributed by atoms with Crippen LogP contribution in [0, 0.1) is 22.7 Å². The lowest BCUT2D eigenvalue weighted by Gasteiger charge is -2.25. The lowest BCUT2D eigenvalue weighted by molar-refractivity contribution is -0.184. The van der Waals surface area contributed by atoms with Crippen molar-refractivity contribution in [1.29, 1.82) is 5.41 Å². The maximum absolute atomic E-state index is 14.0. The Morgan fingerprint density at radius 1 is 1.04 bits per heavy atom. The van der Waals surface area contributed by atoms with Gasteiger partial charge in [-0.3, -0.25) is 19.8 Å². The van der Waals surface area contributed by atoms with Gasteiger partial charge in [0.15, 0.2) is 11.5 Å². The Morgan fingerprint density at radius 3 is 2.27 bits per heavy atom. The Morgan fingerprint density at radius 2 is 1.71 bits per heavy atom. The number of rotatable bonds is 14. The van der Waals surface area contributed by atoms with Gasteiger partial charge in [-0.25, -0.2) is 9.78 Å². The molecule has 4 rings (SSSR count). The lowest BCUT2D eigenvalue weighted by atomic mass is 9.90. The number of nitrogen functional groups attached to an aromatic ring is 1. The number of aromatic nitrogens is 1. The number of amides is 1. The fraction of sp³-hybridized carbons (Fsp3) is 0.368. The highest BCUT2D eigenvalue weighted by molar-refractivity contribution is 6.07. The van der Waals surface area contributed by atoms with Crippen molar-refractivity contribution in [3.05, 3.63) is 88.8 Å². The van der Waals surface area contributed by atoms with E-state index in [1.54, 1.807) is 83.2 Å². The summed E-state index contributed by atoms with van der Waals surface area (Å²) >= 11 is 0. The third kappa shape index (κ3) is 9.19. The third-order valence-electron chi connectivity index (χ3n) is 7.98. The van der Waals surface area contributed by atoms with Crippen molar-refractivity contribution in [3.8, 4) is 16.9 Å². The molecular formula is C38H44N4O7. The molecule has 49 heavy (non-hydrogen) atoms. The highest BCUT2D eigenvalue weighted by Crippen LogP contribution is 2.35. The topological polar surface area (TPSA) is 171 Å². The second-order valence-electron chi connectivity index (χ2n) is 13.5. The Labute approximate surface area is 286 Å². The van der Waals surface area contributed by atoms with Gasteiger partial charge in [-0.1, -0.05) is 50.8 Å². The van der Waals surface area contributed by atoms with Gasteiger partial charge in [0.1, 0.15) is 17.3 Å². The average Bonchev–Trinajstić information content (AvgIpc) is 3.90. The number of carbonyl (C=O) groups excluding carboxylic acids is 4. The zero-order chi connectivity index (χ0) is 36.0. The number of nitrogens with zero attached hydrogens (tertiary/aromatic N) is 1. The Hall–Kier alpha value is -5.32. The van der Waals surface area contributed by atoms with Crippen molar-refractivity contribution in [2.24, 2.45) is 23.0 Å². The minimum atomic E-state index is -1.25. The van der Waals surface area contributed by atoms with Gasteiger partial charge in [-0.05, 0) is 74.9 Å². The Bertz CT molecular complexity index is 1770. The van der Waals surface area contributed by atoms with Crippen LogP contribution in [0.25, 0.3) is 17.2 Å². The molecular weight excluding hydrogens is 624 g/mol. The summed E-state index contributed by atoms with van der Waals surface area (Å²) in [6.07, 6.45) is 2.36. The van der Waals surface area contributed by atoms with E-state index in [1.165, 1.54) is 13.2 Å². The van der Waals surface area contributed by atoms with Gasteiger partial charge in [-0.2, -0.15) is 0 Å². The second kappa shape index (κ2) is 15.3. The molecule has 1 atom stereocenters. The van der Waals surface area contributed by atoms with E-state index in [1.807, 2.05) is 0 Å². The fourth-order valence-electron chi connectivity index (χ4n) is 4.82. The van der Waals surface area contributed by atoms with Crippen LogP contribution in [0.4, 0.5) is 0 Å². The summed E-state index contributed by atoms with van der Waals surface area (Å²) in [5.74, 6) is -1.96. The quantitative estimate of drug-likeness (QED) is 0.0615. The van der Waals surface area contributed by atoms with E-state index in [0.717, 1.165) is 12.8 Å². The van der Waals surface area contributed by atoms with E-state index in [9.17, 15) is 19.2 Å². The molecule has 11 nitrogen and oxygen atoms in total. The first-order valence-corrected chi connectivity index (χ1v) is 16.2. The van der Waals surface area contributed by atoms with Crippen molar-refractivity contribution in [2.45, 2.75) is 60.2 Å². The minimum absolute atomic E-state index is 0.0128. The number of benzene rings is 2. The van der Waals surface area contributed by atoms with E-state index in [-0.39, 0.29) is 40.6 Å². The zero-order valence-corrected chi connectivity index (χ0v) is 28.8. The number of Topliss-reactive ketones (excluding diaryl/α,β-unsaturated/α-hetero) is 1. The first-order valence-electron chi connectivity index (χ1n) is 16.2. The van der Waals surface area contributed by atoms with E-state index in [4.69, 9.17) is 25.4 Å². The number of nitrogens with two attached hydrogens (primary N) is 1. The number of esters is 2. The maximum Gasteiger partial charge on any atom is 0.360 e. The lowest BCUT2D eigenvalue weighted by Crippen LogP contribution is -2.34. The summed E-state index contributed by atoms with van der Waals surface area (Å²) in [4.78, 5) is 58.3. The molecule has 1 aliphatic carbocycles. The summed E-state index contributed by atoms with van der Waals surface area (Å²) < 4.78 is 17.0. The SMILES string of the molecule is C=Cc1cc(C(=O)Cc2ccc(C(=N)N)cc2)c(-c2ccc(C(=O)NCC3CC3)nc2C(=O)OC(OC(=O)C(C)(C)C)C(C)C)cc1OC. The summed E-state index contributed by atoms with van der Waals surface area (Å²) in [7, 11) is 1.47. The average molecular weight is 669 g/mol. The second-order valence-corrected chi connectivity index (χ2v) is 13.5. The molecule has 3 aromatic rings. The number of carbonyl (C=O) groups is 4. The van der Waals surface area contributed by atoms with Crippen molar-refractivity contribution >= 4 is 35.5 Å². The van der Waals surface area contributed by atoms with Crippen molar-refractivity contribution in [1.82, 2.24) is 10.3 Å². The molecule has 2 aromatic carbocycles. The number of ketones is 1.